The lowest BCUT2D eigenvalue weighted by molar-refractivity contribution is -0.119. The highest BCUT2D eigenvalue weighted by molar-refractivity contribution is 7.90. The number of amides is 1. The van der Waals surface area contributed by atoms with Crippen molar-refractivity contribution in [2.75, 3.05) is 13.2 Å². The van der Waals surface area contributed by atoms with Crippen molar-refractivity contribution >= 4 is 49.1 Å². The number of ether oxygens (including phenoxy) is 2. The van der Waals surface area contributed by atoms with Crippen molar-refractivity contribution < 1.29 is 22.7 Å². The van der Waals surface area contributed by atoms with Gasteiger partial charge in [0.25, 0.3) is 10.0 Å². The van der Waals surface area contributed by atoms with Gasteiger partial charge < -0.3 is 9.47 Å². The molecule has 1 aliphatic rings. The smallest absolute Gasteiger partial charge is 0.264 e. The van der Waals surface area contributed by atoms with Crippen LogP contribution in [0.25, 0.3) is 10.2 Å². The molecule has 1 aromatic heterocycles. The van der Waals surface area contributed by atoms with E-state index in [-0.39, 0.29) is 11.3 Å². The molecule has 0 radical (unpaired) electrons. The van der Waals surface area contributed by atoms with Crippen LogP contribution in [-0.4, -0.2) is 32.5 Å². The summed E-state index contributed by atoms with van der Waals surface area (Å²) in [6.45, 7) is 0.754. The molecular formula is C18H15ClN2O5S2. The maximum absolute atomic E-state index is 12.5. The number of nitrogens with zero attached hydrogens (tertiary/aromatic N) is 1. The Labute approximate surface area is 170 Å². The lowest BCUT2D eigenvalue weighted by Gasteiger charge is -2.18. The highest BCUT2D eigenvalue weighted by Gasteiger charge is 2.21. The van der Waals surface area contributed by atoms with Crippen LogP contribution in [-0.2, 0) is 21.2 Å². The first-order chi connectivity index (χ1) is 13.4. The average Bonchev–Trinajstić information content (AvgIpc) is 3.07. The number of fused-ring (bicyclic) bond motifs is 2. The second-order valence-electron chi connectivity index (χ2n) is 6.05. The number of halogens is 1. The summed E-state index contributed by atoms with van der Waals surface area (Å²) in [4.78, 5) is 16.5. The Balaban J connectivity index is 1.42. The minimum absolute atomic E-state index is 0.00264. The molecule has 0 saturated heterocycles. The highest BCUT2D eigenvalue weighted by Crippen LogP contribution is 2.32. The Bertz CT molecular complexity index is 1160. The fourth-order valence-corrected chi connectivity index (χ4v) is 4.87. The molecular weight excluding hydrogens is 424 g/mol. The molecule has 0 aliphatic carbocycles. The Kier molecular flexibility index (Phi) is 5.13. The third kappa shape index (κ3) is 4.06. The number of benzene rings is 2. The molecule has 146 valence electrons. The number of aromatic nitrogens is 1. The summed E-state index contributed by atoms with van der Waals surface area (Å²) in [5, 5.41) is 1.33. The summed E-state index contributed by atoms with van der Waals surface area (Å²) in [5.41, 5.74) is 0.761. The van der Waals surface area contributed by atoms with E-state index in [9.17, 15) is 13.2 Å². The zero-order valence-corrected chi connectivity index (χ0v) is 16.9. The molecule has 1 aliphatic heterocycles. The SMILES string of the molecule is O=C(CCc1nc2cc(Cl)ccc2s1)NS(=O)(=O)c1ccc2c(c1)OCCO2. The second kappa shape index (κ2) is 7.57. The molecule has 0 spiro atoms. The molecule has 0 bridgehead atoms. The first kappa shape index (κ1) is 19.0. The van der Waals surface area contributed by atoms with Gasteiger partial charge in [-0.25, -0.2) is 18.1 Å². The normalized spacial score (nSPS) is 13.5. The van der Waals surface area contributed by atoms with E-state index in [0.717, 1.165) is 15.2 Å². The third-order valence-corrected chi connectivity index (χ3v) is 6.73. The molecule has 28 heavy (non-hydrogen) atoms. The Morgan fingerprint density at radius 2 is 1.93 bits per heavy atom. The van der Waals surface area contributed by atoms with Gasteiger partial charge in [0.2, 0.25) is 5.91 Å². The van der Waals surface area contributed by atoms with Crippen molar-refractivity contribution in [3.8, 4) is 11.5 Å². The zero-order valence-electron chi connectivity index (χ0n) is 14.5. The summed E-state index contributed by atoms with van der Waals surface area (Å²) in [7, 11) is -4.00. The third-order valence-electron chi connectivity index (χ3n) is 4.03. The van der Waals surface area contributed by atoms with Crippen LogP contribution in [0, 0.1) is 0 Å². The largest absolute Gasteiger partial charge is 0.486 e. The zero-order chi connectivity index (χ0) is 19.7. The second-order valence-corrected chi connectivity index (χ2v) is 9.29. The van der Waals surface area contributed by atoms with E-state index in [0.29, 0.717) is 36.2 Å². The Morgan fingerprint density at radius 3 is 2.75 bits per heavy atom. The summed E-state index contributed by atoms with van der Waals surface area (Å²) >= 11 is 7.40. The van der Waals surface area contributed by atoms with Gasteiger partial charge in [-0.2, -0.15) is 0 Å². The fraction of sp³-hybridized carbons (Fsp3) is 0.222. The molecule has 1 N–H and O–H groups in total. The molecule has 2 aromatic carbocycles. The van der Waals surface area contributed by atoms with Crippen molar-refractivity contribution in [1.82, 2.24) is 9.71 Å². The van der Waals surface area contributed by atoms with Crippen LogP contribution < -0.4 is 14.2 Å². The molecule has 4 rings (SSSR count). The predicted molar refractivity (Wildman–Crippen MR) is 106 cm³/mol. The van der Waals surface area contributed by atoms with E-state index < -0.39 is 15.9 Å². The predicted octanol–water partition coefficient (Wildman–Crippen LogP) is 3.16. The van der Waals surface area contributed by atoms with Crippen LogP contribution in [0.3, 0.4) is 0 Å². The van der Waals surface area contributed by atoms with Gasteiger partial charge in [0.05, 0.1) is 20.1 Å². The lowest BCUT2D eigenvalue weighted by atomic mass is 10.3. The molecule has 2 heterocycles. The van der Waals surface area contributed by atoms with Gasteiger partial charge in [-0.15, -0.1) is 11.3 Å². The molecule has 0 saturated carbocycles. The first-order valence-corrected chi connectivity index (χ1v) is 11.1. The molecule has 3 aromatic rings. The van der Waals surface area contributed by atoms with Gasteiger partial charge in [0.15, 0.2) is 11.5 Å². The maximum Gasteiger partial charge on any atom is 0.264 e. The van der Waals surface area contributed by atoms with Gasteiger partial charge in [-0.1, -0.05) is 11.6 Å². The minimum atomic E-state index is -4.00. The van der Waals surface area contributed by atoms with Crippen LogP contribution in [0.5, 0.6) is 11.5 Å². The van der Waals surface area contributed by atoms with Crippen molar-refractivity contribution in [2.45, 2.75) is 17.7 Å². The summed E-state index contributed by atoms with van der Waals surface area (Å²) < 4.78 is 38.7. The van der Waals surface area contributed by atoms with E-state index in [1.807, 2.05) is 6.07 Å². The monoisotopic (exact) mass is 438 g/mol. The number of sulfonamides is 1. The summed E-state index contributed by atoms with van der Waals surface area (Å²) in [5.74, 6) is 0.217. The van der Waals surface area contributed by atoms with Gasteiger partial charge in [0, 0.05) is 23.9 Å². The molecule has 7 nitrogen and oxygen atoms in total. The molecule has 0 atom stereocenters. The number of aryl methyl sites for hydroxylation is 1. The highest BCUT2D eigenvalue weighted by atomic mass is 35.5. The maximum atomic E-state index is 12.5. The van der Waals surface area contributed by atoms with Crippen molar-refractivity contribution in [2.24, 2.45) is 0 Å². The number of hydrogen-bond donors (Lipinski definition) is 1. The van der Waals surface area contributed by atoms with Crippen molar-refractivity contribution in [1.29, 1.82) is 0 Å². The van der Waals surface area contributed by atoms with Crippen LogP contribution >= 0.6 is 22.9 Å². The number of carbonyl (C=O) groups excluding carboxylic acids is 1. The van der Waals surface area contributed by atoms with E-state index in [1.165, 1.54) is 29.5 Å². The van der Waals surface area contributed by atoms with Gasteiger partial charge in [0.1, 0.15) is 13.2 Å². The van der Waals surface area contributed by atoms with E-state index in [2.05, 4.69) is 9.71 Å². The standard InChI is InChI=1S/C18H15ClN2O5S2/c19-11-1-4-16-13(9-11)20-18(27-16)6-5-17(22)21-28(23,24)12-2-3-14-15(10-12)26-8-7-25-14/h1-4,9-10H,5-8H2,(H,21,22). The average molecular weight is 439 g/mol. The number of carbonyl (C=O) groups is 1. The van der Waals surface area contributed by atoms with E-state index in [4.69, 9.17) is 21.1 Å². The molecule has 1 amide bonds. The minimum Gasteiger partial charge on any atom is -0.486 e. The van der Waals surface area contributed by atoms with Gasteiger partial charge in [-0.3, -0.25) is 4.79 Å². The topological polar surface area (TPSA) is 94.6 Å². The fourth-order valence-electron chi connectivity index (χ4n) is 2.73. The quantitative estimate of drug-likeness (QED) is 0.657. The van der Waals surface area contributed by atoms with Crippen LogP contribution in [0.15, 0.2) is 41.3 Å². The number of rotatable bonds is 5. The lowest BCUT2D eigenvalue weighted by Crippen LogP contribution is -2.30. The van der Waals surface area contributed by atoms with Crippen LogP contribution in [0.2, 0.25) is 5.02 Å². The summed E-state index contributed by atoms with van der Waals surface area (Å²) in [6.07, 6.45) is 0.330. The van der Waals surface area contributed by atoms with Crippen LogP contribution in [0.4, 0.5) is 0 Å². The van der Waals surface area contributed by atoms with Crippen molar-refractivity contribution in [3.05, 3.63) is 46.4 Å². The Morgan fingerprint density at radius 1 is 1.14 bits per heavy atom. The Hall–Kier alpha value is -2.36. The van der Waals surface area contributed by atoms with Gasteiger partial charge >= 0.3 is 0 Å². The number of thiazole rings is 1. The number of nitrogens with one attached hydrogen (secondary N) is 1. The van der Waals surface area contributed by atoms with Gasteiger partial charge in [-0.05, 0) is 30.3 Å². The number of hydrogen-bond acceptors (Lipinski definition) is 7. The molecule has 0 unspecified atom stereocenters. The first-order valence-electron chi connectivity index (χ1n) is 8.41. The molecule has 0 fully saturated rings. The van der Waals surface area contributed by atoms with E-state index >= 15 is 0 Å². The molecule has 10 heteroatoms. The van der Waals surface area contributed by atoms with Crippen molar-refractivity contribution in [3.63, 3.8) is 0 Å². The summed E-state index contributed by atoms with van der Waals surface area (Å²) in [6, 6.07) is 9.63. The van der Waals surface area contributed by atoms with Crippen LogP contribution in [0.1, 0.15) is 11.4 Å². The van der Waals surface area contributed by atoms with E-state index in [1.54, 1.807) is 12.1 Å².